The van der Waals surface area contributed by atoms with E-state index < -0.39 is 0 Å². The van der Waals surface area contributed by atoms with Gasteiger partial charge in [0.05, 0.1) is 0 Å². The van der Waals surface area contributed by atoms with E-state index in [1.54, 1.807) is 18.2 Å². The van der Waals surface area contributed by atoms with E-state index >= 15 is 0 Å². The summed E-state index contributed by atoms with van der Waals surface area (Å²) in [5.41, 5.74) is 5.89. The van der Waals surface area contributed by atoms with Crippen molar-refractivity contribution < 1.29 is 9.53 Å². The molecule has 1 fully saturated rings. The maximum absolute atomic E-state index is 11.7. The topological polar surface area (TPSA) is 77.2 Å². The van der Waals surface area contributed by atoms with Crippen LogP contribution in [0.2, 0.25) is 0 Å². The summed E-state index contributed by atoms with van der Waals surface area (Å²) in [6, 6.07) is 5.04. The molecule has 0 bridgehead atoms. The smallest absolute Gasteiger partial charge is 0.269 e. The first-order chi connectivity index (χ1) is 8.25. The summed E-state index contributed by atoms with van der Waals surface area (Å²) in [7, 11) is 0. The molecule has 2 heterocycles. The summed E-state index contributed by atoms with van der Waals surface area (Å²) in [6.45, 7) is 2.31. The minimum Gasteiger partial charge on any atom is -0.384 e. The van der Waals surface area contributed by atoms with E-state index in [-0.39, 0.29) is 5.91 Å². The van der Waals surface area contributed by atoms with E-state index in [0.29, 0.717) is 24.0 Å². The number of pyridine rings is 1. The third kappa shape index (κ3) is 3.42. The lowest BCUT2D eigenvalue weighted by Crippen LogP contribution is -2.27. The van der Waals surface area contributed by atoms with Gasteiger partial charge < -0.3 is 15.8 Å². The Balaban J connectivity index is 1.77. The number of carbonyl (C=O) groups excluding carboxylic acids is 1. The fourth-order valence-electron chi connectivity index (χ4n) is 1.87. The zero-order chi connectivity index (χ0) is 12.1. The van der Waals surface area contributed by atoms with Gasteiger partial charge in [-0.2, -0.15) is 0 Å². The minimum absolute atomic E-state index is 0.170. The Kier molecular flexibility index (Phi) is 3.93. The van der Waals surface area contributed by atoms with E-state index in [9.17, 15) is 4.79 Å². The normalized spacial score (nSPS) is 19.2. The van der Waals surface area contributed by atoms with Gasteiger partial charge in [0.25, 0.3) is 5.91 Å². The van der Waals surface area contributed by atoms with Gasteiger partial charge in [-0.05, 0) is 30.9 Å². The van der Waals surface area contributed by atoms with Crippen LogP contribution in [-0.4, -0.2) is 30.6 Å². The molecule has 0 saturated carbocycles. The molecule has 1 aliphatic heterocycles. The number of rotatable bonds is 4. The SMILES string of the molecule is Nc1cccc(C(=O)NCCC2CCOC2)n1. The largest absolute Gasteiger partial charge is 0.384 e. The third-order valence-corrected chi connectivity index (χ3v) is 2.87. The first-order valence-electron chi connectivity index (χ1n) is 5.84. The van der Waals surface area contributed by atoms with Gasteiger partial charge in [0.1, 0.15) is 11.5 Å². The van der Waals surface area contributed by atoms with Crippen LogP contribution < -0.4 is 11.1 Å². The highest BCUT2D eigenvalue weighted by Crippen LogP contribution is 2.15. The van der Waals surface area contributed by atoms with Gasteiger partial charge in [0.2, 0.25) is 0 Å². The molecule has 3 N–H and O–H groups in total. The van der Waals surface area contributed by atoms with Gasteiger partial charge in [0.15, 0.2) is 0 Å². The van der Waals surface area contributed by atoms with Crippen LogP contribution >= 0.6 is 0 Å². The predicted molar refractivity (Wildman–Crippen MR) is 64.5 cm³/mol. The molecule has 2 rings (SSSR count). The summed E-state index contributed by atoms with van der Waals surface area (Å²) < 4.78 is 5.27. The number of aromatic nitrogens is 1. The molecule has 0 aliphatic carbocycles. The number of nitrogens with one attached hydrogen (secondary N) is 1. The summed E-state index contributed by atoms with van der Waals surface area (Å²) >= 11 is 0. The molecule has 1 saturated heterocycles. The second-order valence-electron chi connectivity index (χ2n) is 4.22. The van der Waals surface area contributed by atoms with Gasteiger partial charge in [-0.3, -0.25) is 4.79 Å². The van der Waals surface area contributed by atoms with Gasteiger partial charge >= 0.3 is 0 Å². The van der Waals surface area contributed by atoms with Crippen LogP contribution in [0.25, 0.3) is 0 Å². The number of hydrogen-bond acceptors (Lipinski definition) is 4. The Morgan fingerprint density at radius 2 is 2.47 bits per heavy atom. The van der Waals surface area contributed by atoms with Crippen LogP contribution in [0.15, 0.2) is 18.2 Å². The Morgan fingerprint density at radius 3 is 3.18 bits per heavy atom. The molecule has 0 aromatic carbocycles. The average Bonchev–Trinajstić information content (AvgIpc) is 2.82. The predicted octanol–water partition coefficient (Wildman–Crippen LogP) is 0.820. The molecule has 17 heavy (non-hydrogen) atoms. The van der Waals surface area contributed by atoms with Crippen molar-refractivity contribution in [2.24, 2.45) is 5.92 Å². The number of nitrogens with zero attached hydrogens (tertiary/aromatic N) is 1. The van der Waals surface area contributed by atoms with Crippen LogP contribution in [0.1, 0.15) is 23.3 Å². The maximum Gasteiger partial charge on any atom is 0.269 e. The summed E-state index contributed by atoms with van der Waals surface area (Å²) in [5.74, 6) is 0.766. The standard InChI is InChI=1S/C12H17N3O2/c13-11-3-1-2-10(15-11)12(16)14-6-4-9-5-7-17-8-9/h1-3,9H,4-8H2,(H2,13,15)(H,14,16). The minimum atomic E-state index is -0.170. The molecule has 5 heteroatoms. The molecule has 1 unspecified atom stereocenters. The van der Waals surface area contributed by atoms with Gasteiger partial charge in [0, 0.05) is 19.8 Å². The number of nitrogens with two attached hydrogens (primary N) is 1. The lowest BCUT2D eigenvalue weighted by atomic mass is 10.1. The van der Waals surface area contributed by atoms with E-state index in [1.807, 2.05) is 0 Å². The third-order valence-electron chi connectivity index (χ3n) is 2.87. The van der Waals surface area contributed by atoms with Crippen molar-refractivity contribution in [3.8, 4) is 0 Å². The molecule has 92 valence electrons. The zero-order valence-electron chi connectivity index (χ0n) is 9.69. The molecule has 1 amide bonds. The van der Waals surface area contributed by atoms with Crippen molar-refractivity contribution in [1.82, 2.24) is 10.3 Å². The van der Waals surface area contributed by atoms with Gasteiger partial charge in [-0.25, -0.2) is 4.98 Å². The first-order valence-corrected chi connectivity index (χ1v) is 5.84. The van der Waals surface area contributed by atoms with Crippen molar-refractivity contribution in [2.45, 2.75) is 12.8 Å². The average molecular weight is 235 g/mol. The summed E-state index contributed by atoms with van der Waals surface area (Å²) in [4.78, 5) is 15.7. The van der Waals surface area contributed by atoms with E-state index in [4.69, 9.17) is 10.5 Å². The van der Waals surface area contributed by atoms with Crippen LogP contribution in [-0.2, 0) is 4.74 Å². The highest BCUT2D eigenvalue weighted by Gasteiger charge is 2.15. The summed E-state index contributed by atoms with van der Waals surface area (Å²) in [5, 5.41) is 2.84. The second kappa shape index (κ2) is 5.63. The molecule has 1 atom stereocenters. The Labute approximate surface area is 100 Å². The number of ether oxygens (including phenoxy) is 1. The van der Waals surface area contributed by atoms with Crippen LogP contribution in [0.5, 0.6) is 0 Å². The number of hydrogen-bond donors (Lipinski definition) is 2. The van der Waals surface area contributed by atoms with Crippen LogP contribution in [0.4, 0.5) is 5.82 Å². The number of nitrogen functional groups attached to an aromatic ring is 1. The van der Waals surface area contributed by atoms with E-state index in [1.165, 1.54) is 0 Å². The molecule has 0 spiro atoms. The quantitative estimate of drug-likeness (QED) is 0.810. The van der Waals surface area contributed by atoms with Crippen molar-refractivity contribution in [1.29, 1.82) is 0 Å². The molecule has 1 aromatic heterocycles. The lowest BCUT2D eigenvalue weighted by Gasteiger charge is -2.08. The second-order valence-corrected chi connectivity index (χ2v) is 4.22. The highest BCUT2D eigenvalue weighted by atomic mass is 16.5. The van der Waals surface area contributed by atoms with Gasteiger partial charge in [-0.15, -0.1) is 0 Å². The molecular formula is C12H17N3O2. The Bertz CT molecular complexity index is 389. The van der Waals surface area contributed by atoms with Crippen molar-refractivity contribution in [3.63, 3.8) is 0 Å². The molecule has 1 aliphatic rings. The lowest BCUT2D eigenvalue weighted by molar-refractivity contribution is 0.0945. The van der Waals surface area contributed by atoms with Crippen molar-refractivity contribution in [3.05, 3.63) is 23.9 Å². The first kappa shape index (κ1) is 11.9. The molecule has 0 radical (unpaired) electrons. The Hall–Kier alpha value is -1.62. The van der Waals surface area contributed by atoms with Crippen LogP contribution in [0.3, 0.4) is 0 Å². The van der Waals surface area contributed by atoms with Crippen molar-refractivity contribution in [2.75, 3.05) is 25.5 Å². The molecule has 5 nitrogen and oxygen atoms in total. The van der Waals surface area contributed by atoms with Crippen LogP contribution in [0, 0.1) is 5.92 Å². The number of anilines is 1. The maximum atomic E-state index is 11.7. The van der Waals surface area contributed by atoms with Gasteiger partial charge in [-0.1, -0.05) is 6.07 Å². The Morgan fingerprint density at radius 1 is 1.59 bits per heavy atom. The fraction of sp³-hybridized carbons (Fsp3) is 0.500. The molecule has 1 aromatic rings. The summed E-state index contributed by atoms with van der Waals surface area (Å²) in [6.07, 6.45) is 2.04. The number of amides is 1. The van der Waals surface area contributed by atoms with Crippen molar-refractivity contribution >= 4 is 11.7 Å². The number of carbonyl (C=O) groups is 1. The zero-order valence-corrected chi connectivity index (χ0v) is 9.69. The fourth-order valence-corrected chi connectivity index (χ4v) is 1.87. The highest BCUT2D eigenvalue weighted by molar-refractivity contribution is 5.92. The monoisotopic (exact) mass is 235 g/mol. The van der Waals surface area contributed by atoms with E-state index in [2.05, 4.69) is 10.3 Å². The van der Waals surface area contributed by atoms with E-state index in [0.717, 1.165) is 26.1 Å². The molecular weight excluding hydrogens is 218 g/mol.